The molecule has 0 radical (unpaired) electrons. The first kappa shape index (κ1) is 25.8. The van der Waals surface area contributed by atoms with Gasteiger partial charge in [0.15, 0.2) is 22.9 Å². The Balaban J connectivity index is 0.00000181. The number of carbonyl (C=O) groups excluding carboxylic acids is 1. The number of halogens is 4. The zero-order valence-electron chi connectivity index (χ0n) is 16.8. The van der Waals surface area contributed by atoms with Crippen LogP contribution in [0.1, 0.15) is 19.3 Å². The van der Waals surface area contributed by atoms with Crippen molar-refractivity contribution in [2.75, 3.05) is 6.54 Å². The molecule has 1 fully saturated rings. The lowest BCUT2D eigenvalue weighted by Gasteiger charge is -2.28. The summed E-state index contributed by atoms with van der Waals surface area (Å²) in [5, 5.41) is 13.1. The predicted octanol–water partition coefficient (Wildman–Crippen LogP) is 2.65. The van der Waals surface area contributed by atoms with Gasteiger partial charge in [-0.15, -0.1) is 24.8 Å². The first-order valence-electron chi connectivity index (χ1n) is 9.67. The van der Waals surface area contributed by atoms with Crippen molar-refractivity contribution >= 4 is 41.6 Å². The van der Waals surface area contributed by atoms with Crippen LogP contribution in [0.15, 0.2) is 41.5 Å². The summed E-state index contributed by atoms with van der Waals surface area (Å²) in [7, 11) is 0. The molecule has 0 aliphatic carbocycles. The molecule has 3 aromatic rings. The summed E-state index contributed by atoms with van der Waals surface area (Å²) in [4.78, 5) is 33.7. The van der Waals surface area contributed by atoms with E-state index in [9.17, 15) is 23.5 Å². The molecule has 0 unspecified atom stereocenters. The second-order valence-corrected chi connectivity index (χ2v) is 7.38. The standard InChI is InChI=1S/C21H20F2N4O3.2ClH/c22-14-4-3-12(8-15(14)23)16-5-6-17-20(26-16)21(30)27(11-25-17)10-13(28)9-18-19(29)2-1-7-24-18;;/h3-6,8,11,18-19,24,29H,1-2,7,9-10H2;2*1H/t18-,19+;;/m1../s1. The Labute approximate surface area is 194 Å². The number of ketones is 1. The Kier molecular flexibility index (Phi) is 8.80. The van der Waals surface area contributed by atoms with Gasteiger partial charge in [0.1, 0.15) is 0 Å². The van der Waals surface area contributed by atoms with Gasteiger partial charge in [0.25, 0.3) is 5.56 Å². The van der Waals surface area contributed by atoms with Crippen molar-refractivity contribution in [1.82, 2.24) is 19.9 Å². The van der Waals surface area contributed by atoms with Crippen LogP contribution in [0, 0.1) is 11.6 Å². The lowest BCUT2D eigenvalue weighted by atomic mass is 9.97. The maximum atomic E-state index is 13.5. The molecule has 7 nitrogen and oxygen atoms in total. The molecule has 172 valence electrons. The second kappa shape index (κ2) is 10.9. The minimum atomic E-state index is -1.01. The highest BCUT2D eigenvalue weighted by atomic mass is 35.5. The monoisotopic (exact) mass is 486 g/mol. The number of fused-ring (bicyclic) bond motifs is 1. The van der Waals surface area contributed by atoms with Gasteiger partial charge in [-0.25, -0.2) is 18.7 Å². The number of hydrogen-bond donors (Lipinski definition) is 2. The number of aliphatic hydroxyl groups is 1. The topological polar surface area (TPSA) is 97.1 Å². The van der Waals surface area contributed by atoms with Crippen molar-refractivity contribution < 1.29 is 18.7 Å². The van der Waals surface area contributed by atoms with Crippen molar-refractivity contribution in [2.45, 2.75) is 38.0 Å². The average molecular weight is 487 g/mol. The van der Waals surface area contributed by atoms with Gasteiger partial charge in [0.2, 0.25) is 0 Å². The summed E-state index contributed by atoms with van der Waals surface area (Å²) < 4.78 is 27.9. The number of benzene rings is 1. The number of nitrogens with zero attached hydrogens (tertiary/aromatic N) is 3. The molecule has 1 saturated heterocycles. The normalized spacial score (nSPS) is 18.0. The number of pyridine rings is 1. The Bertz CT molecular complexity index is 1180. The van der Waals surface area contributed by atoms with Gasteiger partial charge >= 0.3 is 0 Å². The highest BCUT2D eigenvalue weighted by Crippen LogP contribution is 2.21. The van der Waals surface area contributed by atoms with E-state index in [0.29, 0.717) is 23.2 Å². The summed E-state index contributed by atoms with van der Waals surface area (Å²) in [5.41, 5.74) is 0.468. The zero-order chi connectivity index (χ0) is 21.3. The first-order chi connectivity index (χ1) is 14.4. The van der Waals surface area contributed by atoms with E-state index in [2.05, 4.69) is 15.3 Å². The minimum Gasteiger partial charge on any atom is -0.391 e. The smallest absolute Gasteiger partial charge is 0.280 e. The van der Waals surface area contributed by atoms with E-state index < -0.39 is 23.3 Å². The van der Waals surface area contributed by atoms with E-state index in [-0.39, 0.29) is 55.1 Å². The molecular weight excluding hydrogens is 465 g/mol. The van der Waals surface area contributed by atoms with E-state index >= 15 is 0 Å². The van der Waals surface area contributed by atoms with Gasteiger partial charge in [0, 0.05) is 18.0 Å². The fourth-order valence-electron chi connectivity index (χ4n) is 3.61. The number of carbonyl (C=O) groups is 1. The van der Waals surface area contributed by atoms with Crippen LogP contribution in [0.2, 0.25) is 0 Å². The van der Waals surface area contributed by atoms with Crippen LogP contribution < -0.4 is 10.9 Å². The van der Waals surface area contributed by atoms with Gasteiger partial charge in [-0.1, -0.05) is 0 Å². The molecule has 1 aliphatic rings. The van der Waals surface area contributed by atoms with Crippen molar-refractivity contribution in [2.24, 2.45) is 0 Å². The molecule has 32 heavy (non-hydrogen) atoms. The average Bonchev–Trinajstić information content (AvgIpc) is 2.74. The minimum absolute atomic E-state index is 0. The van der Waals surface area contributed by atoms with Gasteiger partial charge < -0.3 is 10.4 Å². The number of aliphatic hydroxyl groups excluding tert-OH is 1. The Hall–Kier alpha value is -2.46. The highest BCUT2D eigenvalue weighted by Gasteiger charge is 2.25. The van der Waals surface area contributed by atoms with Crippen molar-refractivity contribution in [3.05, 3.63) is 58.6 Å². The first-order valence-corrected chi connectivity index (χ1v) is 9.67. The number of hydrogen-bond acceptors (Lipinski definition) is 6. The summed E-state index contributed by atoms with van der Waals surface area (Å²) >= 11 is 0. The van der Waals surface area contributed by atoms with E-state index in [4.69, 9.17) is 0 Å². The fourth-order valence-corrected chi connectivity index (χ4v) is 3.61. The Morgan fingerprint density at radius 3 is 2.69 bits per heavy atom. The maximum Gasteiger partial charge on any atom is 0.280 e. The van der Waals surface area contributed by atoms with Crippen LogP contribution in [0.3, 0.4) is 0 Å². The molecule has 2 N–H and O–H groups in total. The van der Waals surface area contributed by atoms with Crippen molar-refractivity contribution in [3.8, 4) is 11.3 Å². The van der Waals surface area contributed by atoms with Crippen molar-refractivity contribution in [3.63, 3.8) is 0 Å². The number of nitrogens with one attached hydrogen (secondary N) is 1. The summed E-state index contributed by atoms with van der Waals surface area (Å²) in [6.07, 6.45) is 2.29. The molecule has 4 rings (SSSR count). The third-order valence-corrected chi connectivity index (χ3v) is 5.23. The molecule has 0 bridgehead atoms. The summed E-state index contributed by atoms with van der Waals surface area (Å²) in [5.74, 6) is -2.20. The van der Waals surface area contributed by atoms with Crippen LogP contribution in [-0.2, 0) is 11.3 Å². The van der Waals surface area contributed by atoms with Crippen LogP contribution in [-0.4, -0.2) is 44.1 Å². The van der Waals surface area contributed by atoms with E-state index in [1.54, 1.807) is 12.1 Å². The second-order valence-electron chi connectivity index (χ2n) is 7.38. The predicted molar refractivity (Wildman–Crippen MR) is 120 cm³/mol. The molecule has 1 aliphatic heterocycles. The van der Waals surface area contributed by atoms with Crippen molar-refractivity contribution in [1.29, 1.82) is 0 Å². The SMILES string of the molecule is Cl.Cl.O=C(C[C@H]1NCCC[C@@H]1O)Cn1cnc2ccc(-c3ccc(F)c(F)c3)nc2c1=O. The number of Topliss-reactive ketones (excluding diaryl/α,β-unsaturated/α-hetero) is 1. The van der Waals surface area contributed by atoms with E-state index in [0.717, 1.165) is 25.1 Å². The molecule has 0 saturated carbocycles. The lowest BCUT2D eigenvalue weighted by Crippen LogP contribution is -2.46. The van der Waals surface area contributed by atoms with E-state index in [1.165, 1.54) is 17.0 Å². The number of aromatic nitrogens is 3. The molecule has 0 amide bonds. The van der Waals surface area contributed by atoms with Crippen LogP contribution in [0.5, 0.6) is 0 Å². The molecular formula is C21H22Cl2F2N4O3. The maximum absolute atomic E-state index is 13.5. The van der Waals surface area contributed by atoms with Crippen LogP contribution >= 0.6 is 24.8 Å². The van der Waals surface area contributed by atoms with Gasteiger partial charge in [-0.3, -0.25) is 14.2 Å². The third kappa shape index (κ3) is 5.47. The largest absolute Gasteiger partial charge is 0.391 e. The number of rotatable bonds is 5. The fraction of sp³-hybridized carbons (Fsp3) is 0.333. The molecule has 11 heteroatoms. The molecule has 3 heterocycles. The summed E-state index contributed by atoms with van der Waals surface area (Å²) in [6.45, 7) is 0.549. The molecule has 2 atom stereocenters. The van der Waals surface area contributed by atoms with Gasteiger partial charge in [0.05, 0.1) is 30.2 Å². The van der Waals surface area contributed by atoms with Gasteiger partial charge in [-0.2, -0.15) is 0 Å². The molecule has 0 spiro atoms. The highest BCUT2D eigenvalue weighted by molar-refractivity contribution is 5.85. The zero-order valence-corrected chi connectivity index (χ0v) is 18.5. The molecule has 2 aromatic heterocycles. The van der Waals surface area contributed by atoms with E-state index in [1.807, 2.05) is 0 Å². The Morgan fingerprint density at radius 2 is 1.97 bits per heavy atom. The van der Waals surface area contributed by atoms with Crippen LogP contribution in [0.25, 0.3) is 22.3 Å². The third-order valence-electron chi connectivity index (χ3n) is 5.23. The molecule has 1 aromatic carbocycles. The van der Waals surface area contributed by atoms with Gasteiger partial charge in [-0.05, 0) is 49.7 Å². The Morgan fingerprint density at radius 1 is 1.19 bits per heavy atom. The lowest BCUT2D eigenvalue weighted by molar-refractivity contribution is -0.121. The van der Waals surface area contributed by atoms with Crippen LogP contribution in [0.4, 0.5) is 8.78 Å². The summed E-state index contributed by atoms with van der Waals surface area (Å²) in [6, 6.07) is 6.16. The quantitative estimate of drug-likeness (QED) is 0.575. The number of piperidine rings is 1.